The molecule has 2 fully saturated rings. The normalized spacial score (nSPS) is 22.9. The van der Waals surface area contributed by atoms with Gasteiger partial charge in [0, 0.05) is 36.6 Å². The predicted octanol–water partition coefficient (Wildman–Crippen LogP) is 3.62. The molecule has 0 amide bonds. The number of aromatic nitrogens is 4. The fourth-order valence-corrected chi connectivity index (χ4v) is 4.38. The van der Waals surface area contributed by atoms with Crippen molar-refractivity contribution >= 4 is 28.5 Å². The van der Waals surface area contributed by atoms with Crippen LogP contribution in [0.1, 0.15) is 25.3 Å². The molecule has 8 heteroatoms. The van der Waals surface area contributed by atoms with E-state index in [1.54, 1.807) is 6.20 Å². The number of alkyl halides is 1. The minimum absolute atomic E-state index is 0.351. The highest BCUT2D eigenvalue weighted by molar-refractivity contribution is 6.34. The van der Waals surface area contributed by atoms with Crippen molar-refractivity contribution in [2.75, 3.05) is 31.1 Å². The molecule has 0 bridgehead atoms. The molecule has 5 heterocycles. The monoisotopic (exact) mass is 400 g/mol. The van der Waals surface area contributed by atoms with Gasteiger partial charge in [0.25, 0.3) is 0 Å². The molecule has 2 aliphatic rings. The van der Waals surface area contributed by atoms with E-state index >= 15 is 0 Å². The second-order valence-electron chi connectivity index (χ2n) is 7.56. The number of piperidine rings is 1. The van der Waals surface area contributed by atoms with E-state index in [1.165, 1.54) is 0 Å². The third-order valence-electron chi connectivity index (χ3n) is 5.64. The molecule has 1 N–H and O–H groups in total. The van der Waals surface area contributed by atoms with Crippen molar-refractivity contribution in [2.45, 2.75) is 31.5 Å². The maximum atomic E-state index is 13.6. The fraction of sp³-hybridized carbons (Fsp3) is 0.450. The van der Waals surface area contributed by atoms with Crippen molar-refractivity contribution in [2.24, 2.45) is 0 Å². The van der Waals surface area contributed by atoms with Crippen molar-refractivity contribution in [3.63, 3.8) is 0 Å². The molecule has 0 saturated carbocycles. The molecule has 3 aromatic heterocycles. The number of hydrogen-bond acceptors (Lipinski definition) is 5. The molecule has 0 radical (unpaired) electrons. The van der Waals surface area contributed by atoms with Crippen LogP contribution in [0.25, 0.3) is 22.2 Å². The van der Waals surface area contributed by atoms with Gasteiger partial charge in [-0.25, -0.2) is 9.37 Å². The van der Waals surface area contributed by atoms with Gasteiger partial charge in [-0.15, -0.1) is 0 Å². The zero-order valence-corrected chi connectivity index (χ0v) is 16.2. The molecule has 2 aliphatic heterocycles. The van der Waals surface area contributed by atoms with Crippen LogP contribution in [0.3, 0.4) is 0 Å². The lowest BCUT2D eigenvalue weighted by Crippen LogP contribution is -2.31. The number of anilines is 1. The zero-order chi connectivity index (χ0) is 19.1. The molecule has 3 aromatic rings. The number of nitrogens with zero attached hydrogens (tertiary/aromatic N) is 5. The Balaban J connectivity index is 1.56. The van der Waals surface area contributed by atoms with Gasteiger partial charge in [-0.3, -0.25) is 9.67 Å². The minimum atomic E-state index is -0.795. The van der Waals surface area contributed by atoms with Crippen LogP contribution in [-0.4, -0.2) is 52.1 Å². The highest BCUT2D eigenvalue weighted by Crippen LogP contribution is 2.35. The Morgan fingerprint density at radius 3 is 2.93 bits per heavy atom. The van der Waals surface area contributed by atoms with Crippen LogP contribution in [0.5, 0.6) is 0 Å². The Labute approximate surface area is 167 Å². The third-order valence-corrected chi connectivity index (χ3v) is 5.93. The average Bonchev–Trinajstić information content (AvgIpc) is 3.37. The van der Waals surface area contributed by atoms with Crippen molar-refractivity contribution < 1.29 is 4.39 Å². The van der Waals surface area contributed by atoms with Crippen LogP contribution in [0, 0.1) is 0 Å². The molecule has 146 valence electrons. The highest BCUT2D eigenvalue weighted by atomic mass is 35.5. The SMILES string of the molecule is FC1CCN(c2ccc3ncc(Cl)c(-c4cnn(C5CCCNC5)c4)c3n2)C1. The van der Waals surface area contributed by atoms with Crippen LogP contribution in [0.2, 0.25) is 5.02 Å². The van der Waals surface area contributed by atoms with Gasteiger partial charge in [0.2, 0.25) is 0 Å². The van der Waals surface area contributed by atoms with Crippen LogP contribution in [0.15, 0.2) is 30.7 Å². The van der Waals surface area contributed by atoms with Crippen LogP contribution >= 0.6 is 11.6 Å². The summed E-state index contributed by atoms with van der Waals surface area (Å²) in [5.74, 6) is 0.766. The summed E-state index contributed by atoms with van der Waals surface area (Å²) in [6, 6.07) is 4.18. The molecule has 5 rings (SSSR count). The predicted molar refractivity (Wildman–Crippen MR) is 109 cm³/mol. The molecule has 0 spiro atoms. The Morgan fingerprint density at radius 2 is 2.14 bits per heavy atom. The van der Waals surface area contributed by atoms with Gasteiger partial charge < -0.3 is 10.2 Å². The van der Waals surface area contributed by atoms with E-state index in [2.05, 4.69) is 15.4 Å². The number of nitrogens with one attached hydrogen (secondary N) is 1. The Kier molecular flexibility index (Phi) is 4.64. The van der Waals surface area contributed by atoms with E-state index < -0.39 is 6.17 Å². The summed E-state index contributed by atoms with van der Waals surface area (Å²) in [5.41, 5.74) is 3.26. The largest absolute Gasteiger partial charge is 0.354 e. The summed E-state index contributed by atoms with van der Waals surface area (Å²) in [6.45, 7) is 3.05. The minimum Gasteiger partial charge on any atom is -0.354 e. The van der Waals surface area contributed by atoms with Crippen molar-refractivity contribution in [1.82, 2.24) is 25.1 Å². The lowest BCUT2D eigenvalue weighted by atomic mass is 10.1. The van der Waals surface area contributed by atoms with E-state index in [4.69, 9.17) is 16.6 Å². The summed E-state index contributed by atoms with van der Waals surface area (Å²) < 4.78 is 15.7. The molecular formula is C20H22ClFN6. The van der Waals surface area contributed by atoms with Gasteiger partial charge in [-0.1, -0.05) is 11.6 Å². The van der Waals surface area contributed by atoms with Gasteiger partial charge in [-0.2, -0.15) is 5.10 Å². The lowest BCUT2D eigenvalue weighted by molar-refractivity contribution is 0.347. The van der Waals surface area contributed by atoms with E-state index in [1.807, 2.05) is 34.1 Å². The smallest absolute Gasteiger partial charge is 0.129 e. The summed E-state index contributed by atoms with van der Waals surface area (Å²) in [7, 11) is 0. The molecule has 6 nitrogen and oxygen atoms in total. The van der Waals surface area contributed by atoms with Gasteiger partial charge in [0.1, 0.15) is 17.5 Å². The first-order valence-electron chi connectivity index (χ1n) is 9.78. The molecule has 2 unspecified atom stereocenters. The number of hydrogen-bond donors (Lipinski definition) is 1. The third kappa shape index (κ3) is 3.22. The van der Waals surface area contributed by atoms with Gasteiger partial charge in [0.05, 0.1) is 29.3 Å². The molecule has 0 aromatic carbocycles. The Morgan fingerprint density at radius 1 is 1.21 bits per heavy atom. The summed E-state index contributed by atoms with van der Waals surface area (Å²) in [6.07, 6.45) is 7.56. The topological polar surface area (TPSA) is 58.9 Å². The molecule has 2 atom stereocenters. The molecule has 28 heavy (non-hydrogen) atoms. The van der Waals surface area contributed by atoms with Crippen LogP contribution in [0.4, 0.5) is 10.2 Å². The standard InChI is InChI=1S/C20H22ClFN6/c21-16-10-24-17-3-4-18(27-7-5-14(22)12-27)26-20(17)19(16)13-8-25-28(11-13)15-2-1-6-23-9-15/h3-4,8,10-11,14-15,23H,1-2,5-7,9,12H2. The number of rotatable bonds is 3. The second kappa shape index (κ2) is 7.29. The maximum Gasteiger partial charge on any atom is 0.129 e. The molecule has 0 aliphatic carbocycles. The average molecular weight is 401 g/mol. The van der Waals surface area contributed by atoms with Crippen molar-refractivity contribution in [1.29, 1.82) is 0 Å². The zero-order valence-electron chi connectivity index (χ0n) is 15.5. The summed E-state index contributed by atoms with van der Waals surface area (Å²) in [4.78, 5) is 11.2. The Bertz CT molecular complexity index is 1000. The summed E-state index contributed by atoms with van der Waals surface area (Å²) >= 11 is 6.54. The number of halogens is 2. The maximum absolute atomic E-state index is 13.6. The van der Waals surface area contributed by atoms with E-state index in [-0.39, 0.29) is 0 Å². The second-order valence-corrected chi connectivity index (χ2v) is 7.97. The van der Waals surface area contributed by atoms with Gasteiger partial charge >= 0.3 is 0 Å². The number of fused-ring (bicyclic) bond motifs is 1. The van der Waals surface area contributed by atoms with Crippen molar-refractivity contribution in [3.05, 3.63) is 35.7 Å². The van der Waals surface area contributed by atoms with E-state index in [0.29, 0.717) is 30.6 Å². The van der Waals surface area contributed by atoms with E-state index in [0.717, 1.165) is 53.9 Å². The highest BCUT2D eigenvalue weighted by Gasteiger charge is 2.24. The van der Waals surface area contributed by atoms with E-state index in [9.17, 15) is 4.39 Å². The molecular weight excluding hydrogens is 379 g/mol. The van der Waals surface area contributed by atoms with Gasteiger partial charge in [0.15, 0.2) is 0 Å². The lowest BCUT2D eigenvalue weighted by Gasteiger charge is -2.22. The van der Waals surface area contributed by atoms with Gasteiger partial charge in [-0.05, 0) is 37.9 Å². The fourth-order valence-electron chi connectivity index (χ4n) is 4.14. The van der Waals surface area contributed by atoms with Crippen LogP contribution in [-0.2, 0) is 0 Å². The quantitative estimate of drug-likeness (QED) is 0.727. The van der Waals surface area contributed by atoms with Crippen molar-refractivity contribution in [3.8, 4) is 11.1 Å². The Hall–Kier alpha value is -2.25. The number of pyridine rings is 2. The molecule has 2 saturated heterocycles. The van der Waals surface area contributed by atoms with Crippen LogP contribution < -0.4 is 10.2 Å². The first-order valence-corrected chi connectivity index (χ1v) is 10.2. The first-order chi connectivity index (χ1) is 13.7. The first kappa shape index (κ1) is 17.8. The summed E-state index contributed by atoms with van der Waals surface area (Å²) in [5, 5.41) is 8.55.